The summed E-state index contributed by atoms with van der Waals surface area (Å²) in [4.78, 5) is 29.1. The highest BCUT2D eigenvalue weighted by atomic mass is 32.2. The summed E-state index contributed by atoms with van der Waals surface area (Å²) in [5.74, 6) is -0.453. The van der Waals surface area contributed by atoms with Gasteiger partial charge in [-0.25, -0.2) is 8.42 Å². The van der Waals surface area contributed by atoms with Crippen LogP contribution in [0.15, 0.2) is 71.6 Å². The van der Waals surface area contributed by atoms with E-state index in [9.17, 15) is 18.0 Å². The molecule has 0 heterocycles. The van der Waals surface area contributed by atoms with Gasteiger partial charge in [-0.05, 0) is 69.4 Å². The monoisotopic (exact) mass is 577 g/mol. The Morgan fingerprint density at radius 2 is 1.39 bits per heavy atom. The summed E-state index contributed by atoms with van der Waals surface area (Å²) in [6.07, 6.45) is 0.385. The summed E-state index contributed by atoms with van der Waals surface area (Å²) in [5.41, 5.74) is 5.02. The fraction of sp³-hybridized carbons (Fsp3) is 0.394. The molecular formula is C33H43N3O4S. The zero-order valence-electron chi connectivity index (χ0n) is 25.3. The number of aryl methyl sites for hydroxylation is 4. The van der Waals surface area contributed by atoms with E-state index in [1.807, 2.05) is 84.9 Å². The summed E-state index contributed by atoms with van der Waals surface area (Å²) in [6, 6.07) is 19.1. The van der Waals surface area contributed by atoms with Gasteiger partial charge in [0.05, 0.1) is 10.6 Å². The fourth-order valence-electron chi connectivity index (χ4n) is 4.67. The van der Waals surface area contributed by atoms with Crippen molar-refractivity contribution < 1.29 is 18.0 Å². The van der Waals surface area contributed by atoms with Crippen LogP contribution in [0.2, 0.25) is 0 Å². The average Bonchev–Trinajstić information content (AvgIpc) is 2.92. The van der Waals surface area contributed by atoms with Crippen molar-refractivity contribution in [1.82, 2.24) is 10.2 Å². The molecule has 41 heavy (non-hydrogen) atoms. The van der Waals surface area contributed by atoms with Gasteiger partial charge in [0.25, 0.3) is 10.0 Å². The van der Waals surface area contributed by atoms with Crippen molar-refractivity contribution >= 4 is 27.5 Å². The number of nitrogens with one attached hydrogen (secondary N) is 1. The average molecular weight is 578 g/mol. The molecule has 0 saturated heterocycles. The van der Waals surface area contributed by atoms with Gasteiger partial charge in [-0.2, -0.15) is 0 Å². The van der Waals surface area contributed by atoms with Crippen molar-refractivity contribution in [2.24, 2.45) is 5.92 Å². The van der Waals surface area contributed by atoms with Gasteiger partial charge in [0.15, 0.2) is 0 Å². The molecule has 1 atom stereocenters. The van der Waals surface area contributed by atoms with Crippen LogP contribution >= 0.6 is 0 Å². The lowest BCUT2D eigenvalue weighted by Crippen LogP contribution is -2.52. The van der Waals surface area contributed by atoms with Crippen molar-refractivity contribution in [2.45, 2.75) is 72.4 Å². The molecule has 8 heteroatoms. The molecule has 0 spiro atoms. The van der Waals surface area contributed by atoms with Crippen LogP contribution in [-0.4, -0.2) is 44.3 Å². The lowest BCUT2D eigenvalue weighted by atomic mass is 10.1. The third kappa shape index (κ3) is 8.19. The van der Waals surface area contributed by atoms with Crippen LogP contribution in [0.4, 0.5) is 5.69 Å². The third-order valence-corrected chi connectivity index (χ3v) is 8.83. The number of benzene rings is 3. The predicted octanol–water partition coefficient (Wildman–Crippen LogP) is 5.70. The molecule has 220 valence electrons. The van der Waals surface area contributed by atoms with Crippen LogP contribution in [0.5, 0.6) is 0 Å². The van der Waals surface area contributed by atoms with Gasteiger partial charge in [0.2, 0.25) is 11.8 Å². The number of hydrogen-bond donors (Lipinski definition) is 1. The second-order valence-corrected chi connectivity index (χ2v) is 13.0. The summed E-state index contributed by atoms with van der Waals surface area (Å²) in [7, 11) is -4.10. The number of nitrogens with zero attached hydrogens (tertiary/aromatic N) is 2. The number of carbonyl (C=O) groups excluding carboxylic acids is 2. The zero-order valence-corrected chi connectivity index (χ0v) is 26.1. The largest absolute Gasteiger partial charge is 0.354 e. The number of hydrogen-bond acceptors (Lipinski definition) is 4. The molecule has 3 aromatic carbocycles. The highest BCUT2D eigenvalue weighted by Gasteiger charge is 2.34. The van der Waals surface area contributed by atoms with E-state index in [4.69, 9.17) is 0 Å². The van der Waals surface area contributed by atoms with E-state index in [1.54, 1.807) is 30.3 Å². The SMILES string of the molecule is CC[C@@H](C(=O)NCC(C)C)N(Cc1ccc(C)cc1)C(=O)CN(c1ccc(C)cc1C)S(=O)(=O)c1ccc(C)cc1. The Balaban J connectivity index is 2.07. The minimum atomic E-state index is -4.10. The molecule has 3 aromatic rings. The minimum absolute atomic E-state index is 0.0997. The molecule has 3 rings (SSSR count). The molecule has 0 saturated carbocycles. The topological polar surface area (TPSA) is 86.8 Å². The van der Waals surface area contributed by atoms with Crippen LogP contribution in [0.3, 0.4) is 0 Å². The van der Waals surface area contributed by atoms with E-state index >= 15 is 0 Å². The van der Waals surface area contributed by atoms with Gasteiger partial charge in [-0.15, -0.1) is 0 Å². The quantitative estimate of drug-likeness (QED) is 0.299. The van der Waals surface area contributed by atoms with Crippen molar-refractivity contribution in [2.75, 3.05) is 17.4 Å². The van der Waals surface area contributed by atoms with E-state index in [0.29, 0.717) is 18.7 Å². The summed E-state index contributed by atoms with van der Waals surface area (Å²) in [6.45, 7) is 13.7. The van der Waals surface area contributed by atoms with Crippen molar-refractivity contribution in [3.8, 4) is 0 Å². The van der Waals surface area contributed by atoms with Crippen LogP contribution < -0.4 is 9.62 Å². The first kappa shape index (κ1) is 31.9. The predicted molar refractivity (Wildman–Crippen MR) is 165 cm³/mol. The summed E-state index contributed by atoms with van der Waals surface area (Å²) >= 11 is 0. The first-order valence-electron chi connectivity index (χ1n) is 14.1. The molecule has 2 amide bonds. The number of anilines is 1. The van der Waals surface area contributed by atoms with E-state index in [0.717, 1.165) is 27.8 Å². The number of amides is 2. The normalized spacial score (nSPS) is 12.2. The van der Waals surface area contributed by atoms with E-state index in [1.165, 1.54) is 9.21 Å². The maximum Gasteiger partial charge on any atom is 0.264 e. The van der Waals surface area contributed by atoms with E-state index in [2.05, 4.69) is 5.32 Å². The zero-order chi connectivity index (χ0) is 30.3. The van der Waals surface area contributed by atoms with Crippen LogP contribution in [0.25, 0.3) is 0 Å². The van der Waals surface area contributed by atoms with E-state index < -0.39 is 28.5 Å². The van der Waals surface area contributed by atoms with Crippen molar-refractivity contribution in [3.05, 3.63) is 94.5 Å². The third-order valence-electron chi connectivity index (χ3n) is 7.05. The fourth-order valence-corrected chi connectivity index (χ4v) is 6.15. The number of rotatable bonds is 12. The molecule has 0 bridgehead atoms. The van der Waals surface area contributed by atoms with Gasteiger partial charge in [-0.1, -0.05) is 86.0 Å². The molecule has 0 aliphatic heterocycles. The molecule has 7 nitrogen and oxygen atoms in total. The second-order valence-electron chi connectivity index (χ2n) is 11.2. The van der Waals surface area contributed by atoms with Gasteiger partial charge in [-0.3, -0.25) is 13.9 Å². The van der Waals surface area contributed by atoms with Crippen LogP contribution in [0, 0.1) is 33.6 Å². The number of carbonyl (C=O) groups is 2. The van der Waals surface area contributed by atoms with Crippen LogP contribution in [0.1, 0.15) is 55.0 Å². The minimum Gasteiger partial charge on any atom is -0.354 e. The molecule has 1 N–H and O–H groups in total. The Labute approximate surface area is 245 Å². The lowest BCUT2D eigenvalue weighted by Gasteiger charge is -2.33. The molecular weight excluding hydrogens is 534 g/mol. The van der Waals surface area contributed by atoms with Gasteiger partial charge in [0, 0.05) is 13.1 Å². The number of sulfonamides is 1. The maximum atomic E-state index is 14.2. The van der Waals surface area contributed by atoms with Gasteiger partial charge < -0.3 is 10.2 Å². The molecule has 0 radical (unpaired) electrons. The molecule has 0 aliphatic rings. The Hall–Kier alpha value is -3.65. The Morgan fingerprint density at radius 3 is 1.93 bits per heavy atom. The van der Waals surface area contributed by atoms with Crippen molar-refractivity contribution in [1.29, 1.82) is 0 Å². The second kappa shape index (κ2) is 13.8. The molecule has 0 unspecified atom stereocenters. The summed E-state index contributed by atoms with van der Waals surface area (Å²) < 4.78 is 29.3. The van der Waals surface area contributed by atoms with Gasteiger partial charge >= 0.3 is 0 Å². The van der Waals surface area contributed by atoms with Crippen LogP contribution in [-0.2, 0) is 26.2 Å². The Kier molecular flexibility index (Phi) is 10.7. The Bertz CT molecular complexity index is 1450. The first-order valence-corrected chi connectivity index (χ1v) is 15.6. The summed E-state index contributed by atoms with van der Waals surface area (Å²) in [5, 5.41) is 2.96. The highest BCUT2D eigenvalue weighted by Crippen LogP contribution is 2.28. The van der Waals surface area contributed by atoms with Crippen molar-refractivity contribution in [3.63, 3.8) is 0 Å². The Morgan fingerprint density at radius 1 is 0.829 bits per heavy atom. The first-order chi connectivity index (χ1) is 19.3. The molecule has 0 fully saturated rings. The molecule has 0 aromatic heterocycles. The smallest absolute Gasteiger partial charge is 0.264 e. The maximum absolute atomic E-state index is 14.2. The van der Waals surface area contributed by atoms with Gasteiger partial charge in [0.1, 0.15) is 12.6 Å². The lowest BCUT2D eigenvalue weighted by molar-refractivity contribution is -0.140. The highest BCUT2D eigenvalue weighted by molar-refractivity contribution is 7.92. The van der Waals surface area contributed by atoms with E-state index in [-0.39, 0.29) is 23.3 Å². The standard InChI is InChI=1S/C33H43N3O4S/c1-8-30(33(38)34-20-23(2)3)35(21-28-14-9-24(4)10-15-28)32(37)22-36(31-18-13-26(6)19-27(31)7)41(39,40)29-16-11-25(5)12-17-29/h9-19,23,30H,8,20-22H2,1-7H3,(H,34,38)/t30-/m0/s1. The molecule has 0 aliphatic carbocycles.